The molecule has 1 aromatic carbocycles. The first-order valence-electron chi connectivity index (χ1n) is 7.76. The summed E-state index contributed by atoms with van der Waals surface area (Å²) in [6, 6.07) is 12.2. The van der Waals surface area contributed by atoms with Crippen molar-refractivity contribution in [2.45, 2.75) is 26.9 Å². The number of para-hydroxylation sites is 1. The average molecular weight is 306 g/mol. The van der Waals surface area contributed by atoms with E-state index in [4.69, 9.17) is 5.10 Å². The van der Waals surface area contributed by atoms with Gasteiger partial charge < -0.3 is 5.32 Å². The van der Waals surface area contributed by atoms with Crippen LogP contribution < -0.4 is 5.32 Å². The molecule has 0 unspecified atom stereocenters. The highest BCUT2D eigenvalue weighted by Gasteiger charge is 2.10. The van der Waals surface area contributed by atoms with E-state index < -0.39 is 0 Å². The first kappa shape index (κ1) is 13.8. The molecule has 0 atom stereocenters. The minimum Gasteiger partial charge on any atom is -0.364 e. The van der Waals surface area contributed by atoms with Gasteiger partial charge in [-0.05, 0) is 19.9 Å². The molecule has 1 N–H and O–H groups in total. The van der Waals surface area contributed by atoms with Crippen molar-refractivity contribution in [1.29, 1.82) is 0 Å². The Hall–Kier alpha value is -2.89. The smallest absolute Gasteiger partial charge is 0.157 e. The number of nitrogens with zero attached hydrogens (tertiary/aromatic N) is 5. The Labute approximate surface area is 133 Å². The summed E-state index contributed by atoms with van der Waals surface area (Å²) in [6.07, 6.45) is 1.76. The van der Waals surface area contributed by atoms with Gasteiger partial charge in [0, 0.05) is 29.8 Å². The maximum atomic E-state index is 4.72. The second-order valence-electron chi connectivity index (χ2n) is 5.52. The largest absolute Gasteiger partial charge is 0.364 e. The summed E-state index contributed by atoms with van der Waals surface area (Å²) in [5, 5.41) is 13.7. The fraction of sp³-hybridized carbons (Fsp3) is 0.235. The summed E-state index contributed by atoms with van der Waals surface area (Å²) in [5.41, 5.74) is 4.01. The summed E-state index contributed by atoms with van der Waals surface area (Å²) in [4.78, 5) is 4.46. The number of hydrogen-bond donors (Lipinski definition) is 1. The SMILES string of the molecule is CCn1nc(CNc2cc(C)nc3ccnn23)c2ccccc21. The highest BCUT2D eigenvalue weighted by atomic mass is 15.3. The molecule has 6 heteroatoms. The van der Waals surface area contributed by atoms with Gasteiger partial charge in [0.15, 0.2) is 5.65 Å². The summed E-state index contributed by atoms with van der Waals surface area (Å²) in [5.74, 6) is 0.924. The van der Waals surface area contributed by atoms with Crippen molar-refractivity contribution in [3.8, 4) is 0 Å². The highest BCUT2D eigenvalue weighted by Crippen LogP contribution is 2.20. The predicted molar refractivity (Wildman–Crippen MR) is 90.5 cm³/mol. The van der Waals surface area contributed by atoms with E-state index in [1.54, 1.807) is 6.20 Å². The van der Waals surface area contributed by atoms with Gasteiger partial charge in [-0.15, -0.1) is 0 Å². The van der Waals surface area contributed by atoms with Crippen LogP contribution in [-0.4, -0.2) is 24.4 Å². The van der Waals surface area contributed by atoms with E-state index in [0.717, 1.165) is 29.4 Å². The number of aryl methyl sites for hydroxylation is 2. The monoisotopic (exact) mass is 306 g/mol. The van der Waals surface area contributed by atoms with Crippen molar-refractivity contribution >= 4 is 22.4 Å². The van der Waals surface area contributed by atoms with Gasteiger partial charge in [0.25, 0.3) is 0 Å². The first-order chi connectivity index (χ1) is 11.3. The van der Waals surface area contributed by atoms with E-state index in [9.17, 15) is 0 Å². The first-order valence-corrected chi connectivity index (χ1v) is 7.76. The lowest BCUT2D eigenvalue weighted by Gasteiger charge is -2.08. The number of anilines is 1. The number of hydrogen-bond acceptors (Lipinski definition) is 4. The Morgan fingerprint density at radius 3 is 2.91 bits per heavy atom. The lowest BCUT2D eigenvalue weighted by atomic mass is 10.2. The van der Waals surface area contributed by atoms with Crippen molar-refractivity contribution < 1.29 is 0 Å². The van der Waals surface area contributed by atoms with Crippen LogP contribution in [0.3, 0.4) is 0 Å². The van der Waals surface area contributed by atoms with Crippen molar-refractivity contribution in [2.24, 2.45) is 0 Å². The van der Waals surface area contributed by atoms with E-state index in [2.05, 4.69) is 40.5 Å². The third-order valence-corrected chi connectivity index (χ3v) is 3.96. The van der Waals surface area contributed by atoms with Crippen LogP contribution >= 0.6 is 0 Å². The van der Waals surface area contributed by atoms with Crippen LogP contribution in [0.2, 0.25) is 0 Å². The molecule has 4 aromatic rings. The molecule has 3 aromatic heterocycles. The topological polar surface area (TPSA) is 60.0 Å². The molecule has 0 aliphatic heterocycles. The van der Waals surface area contributed by atoms with Gasteiger partial charge in [-0.3, -0.25) is 4.68 Å². The zero-order valence-electron chi connectivity index (χ0n) is 13.2. The molecular weight excluding hydrogens is 288 g/mol. The van der Waals surface area contributed by atoms with Gasteiger partial charge in [-0.25, -0.2) is 4.98 Å². The van der Waals surface area contributed by atoms with Crippen LogP contribution in [0.15, 0.2) is 42.6 Å². The minimum absolute atomic E-state index is 0.645. The number of nitrogens with one attached hydrogen (secondary N) is 1. The summed E-state index contributed by atoms with van der Waals surface area (Å²) in [7, 11) is 0. The molecule has 23 heavy (non-hydrogen) atoms. The van der Waals surface area contributed by atoms with E-state index in [-0.39, 0.29) is 0 Å². The number of benzene rings is 1. The molecular formula is C17H18N6. The fourth-order valence-corrected chi connectivity index (χ4v) is 2.91. The molecule has 0 saturated heterocycles. The molecule has 0 aliphatic rings. The Kier molecular flexibility index (Phi) is 3.22. The summed E-state index contributed by atoms with van der Waals surface area (Å²) >= 11 is 0. The summed E-state index contributed by atoms with van der Waals surface area (Å²) < 4.78 is 3.85. The Morgan fingerprint density at radius 2 is 2.04 bits per heavy atom. The maximum Gasteiger partial charge on any atom is 0.157 e. The van der Waals surface area contributed by atoms with Crippen molar-refractivity contribution in [2.75, 3.05) is 5.32 Å². The van der Waals surface area contributed by atoms with Crippen LogP contribution in [-0.2, 0) is 13.1 Å². The predicted octanol–water partition coefficient (Wildman–Crippen LogP) is 3.02. The van der Waals surface area contributed by atoms with Crippen molar-refractivity contribution in [3.63, 3.8) is 0 Å². The van der Waals surface area contributed by atoms with Crippen molar-refractivity contribution in [1.82, 2.24) is 24.4 Å². The van der Waals surface area contributed by atoms with E-state index in [1.165, 1.54) is 10.9 Å². The molecule has 0 fully saturated rings. The van der Waals surface area contributed by atoms with Crippen LogP contribution in [0.1, 0.15) is 18.3 Å². The minimum atomic E-state index is 0.645. The Bertz CT molecular complexity index is 981. The average Bonchev–Trinajstić information content (AvgIpc) is 3.16. The quantitative estimate of drug-likeness (QED) is 0.629. The Morgan fingerprint density at radius 1 is 1.17 bits per heavy atom. The van der Waals surface area contributed by atoms with Gasteiger partial charge in [-0.2, -0.15) is 14.7 Å². The summed E-state index contributed by atoms with van der Waals surface area (Å²) in [6.45, 7) is 5.60. The molecule has 0 radical (unpaired) electrons. The van der Waals surface area contributed by atoms with E-state index in [0.29, 0.717) is 6.54 Å². The van der Waals surface area contributed by atoms with Crippen LogP contribution in [0.5, 0.6) is 0 Å². The number of fused-ring (bicyclic) bond motifs is 2. The molecule has 3 heterocycles. The van der Waals surface area contributed by atoms with Crippen LogP contribution in [0.4, 0.5) is 5.82 Å². The van der Waals surface area contributed by atoms with Gasteiger partial charge in [0.2, 0.25) is 0 Å². The van der Waals surface area contributed by atoms with Crippen molar-refractivity contribution in [3.05, 3.63) is 54.0 Å². The zero-order valence-corrected chi connectivity index (χ0v) is 13.2. The molecule has 0 amide bonds. The van der Waals surface area contributed by atoms with Gasteiger partial charge in [-0.1, -0.05) is 18.2 Å². The fourth-order valence-electron chi connectivity index (χ4n) is 2.91. The van der Waals surface area contributed by atoms with E-state index in [1.807, 2.05) is 34.3 Å². The third-order valence-electron chi connectivity index (χ3n) is 3.96. The Balaban J connectivity index is 1.70. The second-order valence-corrected chi connectivity index (χ2v) is 5.52. The molecule has 0 spiro atoms. The van der Waals surface area contributed by atoms with Gasteiger partial charge in [0.1, 0.15) is 5.82 Å². The van der Waals surface area contributed by atoms with Gasteiger partial charge in [0.05, 0.1) is 24.0 Å². The molecule has 0 bridgehead atoms. The number of rotatable bonds is 4. The standard InChI is InChI=1S/C17H18N6/c1-3-22-15-7-5-4-6-13(15)14(21-22)11-18-17-10-12(2)20-16-8-9-19-23(16)17/h4-10,18H,3,11H2,1-2H3. The van der Waals surface area contributed by atoms with E-state index >= 15 is 0 Å². The molecule has 0 saturated carbocycles. The highest BCUT2D eigenvalue weighted by molar-refractivity contribution is 5.82. The normalized spacial score (nSPS) is 11.4. The van der Waals surface area contributed by atoms with Crippen LogP contribution in [0.25, 0.3) is 16.6 Å². The zero-order chi connectivity index (χ0) is 15.8. The lowest BCUT2D eigenvalue weighted by Crippen LogP contribution is -2.07. The van der Waals surface area contributed by atoms with Crippen LogP contribution in [0, 0.1) is 6.92 Å². The second kappa shape index (κ2) is 5.39. The molecule has 6 nitrogen and oxygen atoms in total. The lowest BCUT2D eigenvalue weighted by molar-refractivity contribution is 0.670. The molecule has 116 valence electrons. The number of aromatic nitrogens is 5. The molecule has 0 aliphatic carbocycles. The van der Waals surface area contributed by atoms with Gasteiger partial charge >= 0.3 is 0 Å². The molecule has 4 rings (SSSR count). The third kappa shape index (κ3) is 2.32. The maximum absolute atomic E-state index is 4.72.